The number of carbonyl (C=O) groups excluding carboxylic acids is 1. The summed E-state index contributed by atoms with van der Waals surface area (Å²) in [5.74, 6) is 0.116. The summed E-state index contributed by atoms with van der Waals surface area (Å²) in [5.41, 5.74) is 2.50. The molecular formula is C17H17N3OS. The Labute approximate surface area is 133 Å². The number of fused-ring (bicyclic) bond motifs is 1. The van der Waals surface area contributed by atoms with E-state index in [2.05, 4.69) is 15.3 Å². The minimum absolute atomic E-state index is 0.106. The summed E-state index contributed by atoms with van der Waals surface area (Å²) < 4.78 is 0. The fourth-order valence-electron chi connectivity index (χ4n) is 2.39. The van der Waals surface area contributed by atoms with Crippen LogP contribution >= 0.6 is 11.3 Å². The van der Waals surface area contributed by atoms with Crippen LogP contribution in [-0.2, 0) is 0 Å². The van der Waals surface area contributed by atoms with Gasteiger partial charge in [-0.1, -0.05) is 19.9 Å². The SMILES string of the molecule is Cc1nc(C(C)C)c(C(=O)Nc2cccc3ncccc23)s1. The maximum Gasteiger partial charge on any atom is 0.267 e. The Balaban J connectivity index is 1.97. The van der Waals surface area contributed by atoms with Crippen LogP contribution in [-0.4, -0.2) is 15.9 Å². The van der Waals surface area contributed by atoms with Gasteiger partial charge in [0.15, 0.2) is 0 Å². The molecule has 0 spiro atoms. The van der Waals surface area contributed by atoms with Crippen molar-refractivity contribution in [2.24, 2.45) is 0 Å². The summed E-state index contributed by atoms with van der Waals surface area (Å²) in [7, 11) is 0. The minimum Gasteiger partial charge on any atom is -0.321 e. The van der Waals surface area contributed by atoms with Crippen molar-refractivity contribution >= 4 is 33.8 Å². The number of hydrogen-bond acceptors (Lipinski definition) is 4. The number of nitrogens with one attached hydrogen (secondary N) is 1. The molecule has 2 heterocycles. The molecule has 3 aromatic rings. The number of amides is 1. The molecule has 22 heavy (non-hydrogen) atoms. The predicted octanol–water partition coefficient (Wildman–Crippen LogP) is 4.38. The average Bonchev–Trinajstić information content (AvgIpc) is 2.90. The summed E-state index contributed by atoms with van der Waals surface area (Å²) in [6, 6.07) is 9.55. The Morgan fingerprint density at radius 2 is 2.05 bits per heavy atom. The third-order valence-corrected chi connectivity index (χ3v) is 4.39. The lowest BCUT2D eigenvalue weighted by Crippen LogP contribution is -2.13. The van der Waals surface area contributed by atoms with Crippen molar-refractivity contribution in [2.75, 3.05) is 5.32 Å². The van der Waals surface area contributed by atoms with E-state index in [1.807, 2.05) is 51.1 Å². The Hall–Kier alpha value is -2.27. The third-order valence-electron chi connectivity index (χ3n) is 3.41. The highest BCUT2D eigenvalue weighted by molar-refractivity contribution is 7.13. The van der Waals surface area contributed by atoms with Gasteiger partial charge < -0.3 is 5.32 Å². The van der Waals surface area contributed by atoms with Gasteiger partial charge in [0.05, 0.1) is 21.9 Å². The van der Waals surface area contributed by atoms with Crippen molar-refractivity contribution in [1.82, 2.24) is 9.97 Å². The van der Waals surface area contributed by atoms with Crippen molar-refractivity contribution in [2.45, 2.75) is 26.7 Å². The largest absolute Gasteiger partial charge is 0.321 e. The van der Waals surface area contributed by atoms with Crippen LogP contribution in [0.1, 0.15) is 40.1 Å². The van der Waals surface area contributed by atoms with Crippen LogP contribution in [0.15, 0.2) is 36.5 Å². The van der Waals surface area contributed by atoms with Crippen LogP contribution in [0.4, 0.5) is 5.69 Å². The number of pyridine rings is 1. The first kappa shape index (κ1) is 14.7. The number of anilines is 1. The minimum atomic E-state index is -0.106. The van der Waals surface area contributed by atoms with E-state index in [0.717, 1.165) is 27.3 Å². The number of rotatable bonds is 3. The van der Waals surface area contributed by atoms with Gasteiger partial charge in [-0.25, -0.2) is 4.98 Å². The first-order valence-electron chi connectivity index (χ1n) is 7.18. The van der Waals surface area contributed by atoms with Gasteiger partial charge >= 0.3 is 0 Å². The Bertz CT molecular complexity index is 834. The number of carbonyl (C=O) groups is 1. The normalized spacial score (nSPS) is 11.1. The van der Waals surface area contributed by atoms with E-state index < -0.39 is 0 Å². The fourth-order valence-corrected chi connectivity index (χ4v) is 3.36. The van der Waals surface area contributed by atoms with Crippen LogP contribution in [0.3, 0.4) is 0 Å². The quantitative estimate of drug-likeness (QED) is 0.781. The Morgan fingerprint density at radius 1 is 1.23 bits per heavy atom. The van der Waals surface area contributed by atoms with Gasteiger partial charge in [-0.15, -0.1) is 11.3 Å². The van der Waals surface area contributed by atoms with E-state index in [-0.39, 0.29) is 11.8 Å². The van der Waals surface area contributed by atoms with Crippen molar-refractivity contribution in [3.63, 3.8) is 0 Å². The third kappa shape index (κ3) is 2.72. The molecule has 1 amide bonds. The molecule has 0 aliphatic carbocycles. The molecule has 2 aromatic heterocycles. The fraction of sp³-hybridized carbons (Fsp3) is 0.235. The molecule has 1 aromatic carbocycles. The zero-order chi connectivity index (χ0) is 15.7. The number of thiazole rings is 1. The monoisotopic (exact) mass is 311 g/mol. The number of aromatic nitrogens is 2. The van der Waals surface area contributed by atoms with Gasteiger partial charge in [-0.05, 0) is 37.1 Å². The number of aryl methyl sites for hydroxylation is 1. The lowest BCUT2D eigenvalue weighted by Gasteiger charge is -2.09. The van der Waals surface area contributed by atoms with Crippen molar-refractivity contribution in [3.05, 3.63) is 52.1 Å². The lowest BCUT2D eigenvalue weighted by atomic mass is 10.1. The van der Waals surface area contributed by atoms with Crippen LogP contribution < -0.4 is 5.32 Å². The van der Waals surface area contributed by atoms with Crippen molar-refractivity contribution in [1.29, 1.82) is 0 Å². The number of nitrogens with zero attached hydrogens (tertiary/aromatic N) is 2. The first-order chi connectivity index (χ1) is 10.6. The Kier molecular flexibility index (Phi) is 3.90. The lowest BCUT2D eigenvalue weighted by molar-refractivity contribution is 0.102. The topological polar surface area (TPSA) is 54.9 Å². The first-order valence-corrected chi connectivity index (χ1v) is 8.00. The molecule has 0 saturated heterocycles. The van der Waals surface area contributed by atoms with Gasteiger partial charge in [0.25, 0.3) is 5.91 Å². The summed E-state index contributed by atoms with van der Waals surface area (Å²) >= 11 is 1.44. The summed E-state index contributed by atoms with van der Waals surface area (Å²) in [6.45, 7) is 6.02. The average molecular weight is 311 g/mol. The van der Waals surface area contributed by atoms with E-state index >= 15 is 0 Å². The zero-order valence-electron chi connectivity index (χ0n) is 12.8. The zero-order valence-corrected chi connectivity index (χ0v) is 13.6. The second-order valence-electron chi connectivity index (χ2n) is 5.43. The van der Waals surface area contributed by atoms with Gasteiger partial charge in [0, 0.05) is 11.6 Å². The van der Waals surface area contributed by atoms with Crippen LogP contribution in [0, 0.1) is 6.92 Å². The van der Waals surface area contributed by atoms with Gasteiger partial charge in [0.1, 0.15) is 4.88 Å². The molecule has 0 bridgehead atoms. The molecule has 3 rings (SSSR count). The van der Waals surface area contributed by atoms with Crippen LogP contribution in [0.25, 0.3) is 10.9 Å². The number of benzene rings is 1. The van der Waals surface area contributed by atoms with E-state index in [4.69, 9.17) is 0 Å². The molecule has 1 N–H and O–H groups in total. The molecule has 0 atom stereocenters. The molecule has 5 heteroatoms. The second kappa shape index (κ2) is 5.85. The summed E-state index contributed by atoms with van der Waals surface area (Å²) in [4.78, 5) is 22.1. The van der Waals surface area contributed by atoms with E-state index in [0.29, 0.717) is 4.88 Å². The molecule has 112 valence electrons. The van der Waals surface area contributed by atoms with Crippen molar-refractivity contribution < 1.29 is 4.79 Å². The molecule has 4 nitrogen and oxygen atoms in total. The highest BCUT2D eigenvalue weighted by Crippen LogP contribution is 2.27. The second-order valence-corrected chi connectivity index (χ2v) is 6.63. The highest BCUT2D eigenvalue weighted by atomic mass is 32.1. The van der Waals surface area contributed by atoms with E-state index in [9.17, 15) is 4.79 Å². The standard InChI is InChI=1S/C17H17N3OS/c1-10(2)15-16(22-11(3)19-15)17(21)20-14-8-4-7-13-12(14)6-5-9-18-13/h4-10H,1-3H3,(H,20,21). The molecule has 0 fully saturated rings. The molecule has 0 unspecified atom stereocenters. The van der Waals surface area contributed by atoms with Crippen molar-refractivity contribution in [3.8, 4) is 0 Å². The smallest absolute Gasteiger partial charge is 0.267 e. The number of hydrogen-bond donors (Lipinski definition) is 1. The van der Waals surface area contributed by atoms with Crippen LogP contribution in [0.2, 0.25) is 0 Å². The van der Waals surface area contributed by atoms with Crippen LogP contribution in [0.5, 0.6) is 0 Å². The molecule has 0 aliphatic heterocycles. The predicted molar refractivity (Wildman–Crippen MR) is 90.6 cm³/mol. The van der Waals surface area contributed by atoms with E-state index in [1.165, 1.54) is 11.3 Å². The van der Waals surface area contributed by atoms with E-state index in [1.54, 1.807) is 6.20 Å². The van der Waals surface area contributed by atoms with Gasteiger partial charge in [-0.2, -0.15) is 0 Å². The maximum atomic E-state index is 12.6. The molecule has 0 saturated carbocycles. The molecule has 0 aliphatic rings. The molecule has 0 radical (unpaired) electrons. The summed E-state index contributed by atoms with van der Waals surface area (Å²) in [6.07, 6.45) is 1.75. The van der Waals surface area contributed by atoms with Gasteiger partial charge in [-0.3, -0.25) is 9.78 Å². The molecular weight excluding hydrogens is 294 g/mol. The Morgan fingerprint density at radius 3 is 2.82 bits per heavy atom. The van der Waals surface area contributed by atoms with Gasteiger partial charge in [0.2, 0.25) is 0 Å². The summed E-state index contributed by atoms with van der Waals surface area (Å²) in [5, 5.41) is 4.85. The highest BCUT2D eigenvalue weighted by Gasteiger charge is 2.19. The maximum absolute atomic E-state index is 12.6.